The summed E-state index contributed by atoms with van der Waals surface area (Å²) in [6, 6.07) is 5.34. The van der Waals surface area contributed by atoms with Gasteiger partial charge >= 0.3 is 5.97 Å². The lowest BCUT2D eigenvalue weighted by atomic mass is 10.2. The van der Waals surface area contributed by atoms with Gasteiger partial charge in [-0.1, -0.05) is 0 Å². The first kappa shape index (κ1) is 12.9. The van der Waals surface area contributed by atoms with Crippen LogP contribution in [-0.4, -0.2) is 32.0 Å². The van der Waals surface area contributed by atoms with E-state index in [-0.39, 0.29) is 6.79 Å². The van der Waals surface area contributed by atoms with Crippen LogP contribution >= 0.6 is 15.9 Å². The van der Waals surface area contributed by atoms with E-state index in [0.29, 0.717) is 11.4 Å². The molecule has 0 saturated heterocycles. The Morgan fingerprint density at radius 2 is 2.11 bits per heavy atom. The number of hydrogen-bond acceptors (Lipinski definition) is 4. The molecule has 2 rings (SSSR count). The molecule has 0 atom stereocenters. The highest BCUT2D eigenvalue weighted by molar-refractivity contribution is 9.10. The number of aromatic nitrogens is 1. The highest BCUT2D eigenvalue weighted by atomic mass is 79.9. The van der Waals surface area contributed by atoms with Crippen LogP contribution in [0.3, 0.4) is 0 Å². The number of benzene rings is 1. The molecule has 1 heterocycles. The van der Waals surface area contributed by atoms with Gasteiger partial charge in [-0.2, -0.15) is 0 Å². The van der Waals surface area contributed by atoms with Crippen LogP contribution in [0.5, 0.6) is 5.75 Å². The number of carbonyl (C=O) groups is 1. The molecular weight excluding hydrogens is 302 g/mol. The molecule has 18 heavy (non-hydrogen) atoms. The fourth-order valence-electron chi connectivity index (χ4n) is 1.60. The number of esters is 1. The zero-order valence-electron chi connectivity index (χ0n) is 9.95. The summed E-state index contributed by atoms with van der Waals surface area (Å²) in [7, 11) is 2.90. The van der Waals surface area contributed by atoms with E-state index in [2.05, 4.69) is 25.7 Å². The van der Waals surface area contributed by atoms with E-state index in [1.807, 2.05) is 6.07 Å². The number of rotatable bonds is 4. The van der Waals surface area contributed by atoms with E-state index in [9.17, 15) is 4.79 Å². The number of aromatic amines is 1. The van der Waals surface area contributed by atoms with E-state index in [1.54, 1.807) is 19.2 Å². The van der Waals surface area contributed by atoms with Crippen molar-refractivity contribution in [1.82, 2.24) is 4.98 Å². The van der Waals surface area contributed by atoms with Gasteiger partial charge in [0.05, 0.1) is 12.6 Å². The SMILES string of the molecule is COCOc1cc(Br)c2cc(C(=O)OC)[nH]c2c1. The van der Waals surface area contributed by atoms with Crippen LogP contribution in [0.1, 0.15) is 10.5 Å². The molecule has 0 spiro atoms. The van der Waals surface area contributed by atoms with Gasteiger partial charge in [-0.3, -0.25) is 0 Å². The Balaban J connectivity index is 2.42. The maximum Gasteiger partial charge on any atom is 0.354 e. The quantitative estimate of drug-likeness (QED) is 0.696. The first-order valence-corrected chi connectivity index (χ1v) is 5.97. The fourth-order valence-corrected chi connectivity index (χ4v) is 2.15. The van der Waals surface area contributed by atoms with Crippen LogP contribution in [0.15, 0.2) is 22.7 Å². The molecule has 0 fully saturated rings. The van der Waals surface area contributed by atoms with Gasteiger partial charge in [-0.15, -0.1) is 0 Å². The predicted octanol–water partition coefficient (Wildman–Crippen LogP) is 2.70. The van der Waals surface area contributed by atoms with E-state index in [1.165, 1.54) is 7.11 Å². The molecule has 0 aliphatic carbocycles. The predicted molar refractivity (Wildman–Crippen MR) is 69.8 cm³/mol. The van der Waals surface area contributed by atoms with Crippen LogP contribution in [0.4, 0.5) is 0 Å². The average molecular weight is 314 g/mol. The Labute approximate surface area is 112 Å². The highest BCUT2D eigenvalue weighted by Crippen LogP contribution is 2.30. The van der Waals surface area contributed by atoms with Crippen molar-refractivity contribution in [2.24, 2.45) is 0 Å². The molecule has 0 saturated carbocycles. The second-order valence-electron chi connectivity index (χ2n) is 3.59. The van der Waals surface area contributed by atoms with Gasteiger partial charge in [0.15, 0.2) is 6.79 Å². The maximum absolute atomic E-state index is 11.4. The third-order valence-electron chi connectivity index (χ3n) is 2.41. The molecular formula is C12H12BrNO4. The van der Waals surface area contributed by atoms with E-state index in [4.69, 9.17) is 9.47 Å². The number of ether oxygens (including phenoxy) is 3. The number of methoxy groups -OCH3 is 2. The van der Waals surface area contributed by atoms with Gasteiger partial charge in [0.25, 0.3) is 0 Å². The molecule has 0 aliphatic rings. The smallest absolute Gasteiger partial charge is 0.354 e. The third-order valence-corrected chi connectivity index (χ3v) is 3.07. The van der Waals surface area contributed by atoms with Crippen molar-refractivity contribution in [3.8, 4) is 5.75 Å². The van der Waals surface area contributed by atoms with Crippen LogP contribution in [0, 0.1) is 0 Å². The monoisotopic (exact) mass is 313 g/mol. The Bertz CT molecular complexity index is 579. The maximum atomic E-state index is 11.4. The van der Waals surface area contributed by atoms with Gasteiger partial charge in [0.1, 0.15) is 11.4 Å². The molecule has 6 heteroatoms. The second-order valence-corrected chi connectivity index (χ2v) is 4.45. The molecule has 0 aliphatic heterocycles. The molecule has 1 N–H and O–H groups in total. The Hall–Kier alpha value is -1.53. The molecule has 0 unspecified atom stereocenters. The summed E-state index contributed by atoms with van der Waals surface area (Å²) in [5.74, 6) is 0.243. The molecule has 2 aromatic rings. The van der Waals surface area contributed by atoms with Gasteiger partial charge in [0.2, 0.25) is 0 Å². The second kappa shape index (κ2) is 5.41. The Kier molecular flexibility index (Phi) is 3.88. The summed E-state index contributed by atoms with van der Waals surface area (Å²) >= 11 is 3.43. The number of hydrogen-bond donors (Lipinski definition) is 1. The fraction of sp³-hybridized carbons (Fsp3) is 0.250. The van der Waals surface area contributed by atoms with Crippen molar-refractivity contribution in [2.75, 3.05) is 21.0 Å². The molecule has 0 bridgehead atoms. The van der Waals surface area contributed by atoms with Gasteiger partial charge in [-0.25, -0.2) is 4.79 Å². The number of H-pyrrole nitrogens is 1. The van der Waals surface area contributed by atoms with Crippen LogP contribution < -0.4 is 4.74 Å². The summed E-state index contributed by atoms with van der Waals surface area (Å²) in [6.45, 7) is 0.169. The summed E-state index contributed by atoms with van der Waals surface area (Å²) in [5, 5.41) is 0.889. The minimum absolute atomic E-state index is 0.169. The van der Waals surface area contributed by atoms with Crippen LogP contribution in [-0.2, 0) is 9.47 Å². The normalized spacial score (nSPS) is 10.6. The highest BCUT2D eigenvalue weighted by Gasteiger charge is 2.12. The number of carbonyl (C=O) groups excluding carboxylic acids is 1. The van der Waals surface area contributed by atoms with Crippen molar-refractivity contribution in [3.05, 3.63) is 28.4 Å². The lowest BCUT2D eigenvalue weighted by molar-refractivity contribution is 0.0511. The number of fused-ring (bicyclic) bond motifs is 1. The van der Waals surface area contributed by atoms with Gasteiger partial charge in [0, 0.05) is 23.0 Å². The summed E-state index contributed by atoms with van der Waals surface area (Å²) < 4.78 is 15.7. The first-order chi connectivity index (χ1) is 8.65. The molecule has 5 nitrogen and oxygen atoms in total. The first-order valence-electron chi connectivity index (χ1n) is 5.18. The van der Waals surface area contributed by atoms with Crippen molar-refractivity contribution in [3.63, 3.8) is 0 Å². The zero-order chi connectivity index (χ0) is 13.1. The minimum Gasteiger partial charge on any atom is -0.467 e. The van der Waals surface area contributed by atoms with Crippen molar-refractivity contribution >= 4 is 32.8 Å². The van der Waals surface area contributed by atoms with Gasteiger partial charge < -0.3 is 19.2 Å². The lowest BCUT2D eigenvalue weighted by Crippen LogP contribution is -2.00. The summed E-state index contributed by atoms with van der Waals surface area (Å²) in [6.07, 6.45) is 0. The Morgan fingerprint density at radius 3 is 2.78 bits per heavy atom. The van der Waals surface area contributed by atoms with E-state index >= 15 is 0 Å². The minimum atomic E-state index is -0.405. The number of nitrogens with one attached hydrogen (secondary N) is 1. The molecule has 0 radical (unpaired) electrons. The van der Waals surface area contributed by atoms with Crippen LogP contribution in [0.25, 0.3) is 10.9 Å². The lowest BCUT2D eigenvalue weighted by Gasteiger charge is -2.05. The summed E-state index contributed by atoms with van der Waals surface area (Å²) in [4.78, 5) is 14.4. The number of halogens is 1. The van der Waals surface area contributed by atoms with E-state index < -0.39 is 5.97 Å². The standard InChI is InChI=1S/C12H12BrNO4/c1-16-6-18-7-3-9(13)8-5-11(12(15)17-2)14-10(8)4-7/h3-5,14H,6H2,1-2H3. The van der Waals surface area contributed by atoms with Gasteiger partial charge in [-0.05, 0) is 28.1 Å². The molecule has 96 valence electrons. The third kappa shape index (κ3) is 2.49. The molecule has 1 aromatic heterocycles. The van der Waals surface area contributed by atoms with Crippen molar-refractivity contribution in [2.45, 2.75) is 0 Å². The molecule has 0 amide bonds. The Morgan fingerprint density at radius 1 is 1.33 bits per heavy atom. The van der Waals surface area contributed by atoms with Crippen LogP contribution in [0.2, 0.25) is 0 Å². The van der Waals surface area contributed by atoms with Crippen molar-refractivity contribution < 1.29 is 19.0 Å². The molecule has 1 aromatic carbocycles. The average Bonchev–Trinajstić information content (AvgIpc) is 2.79. The zero-order valence-corrected chi connectivity index (χ0v) is 11.5. The van der Waals surface area contributed by atoms with Crippen molar-refractivity contribution in [1.29, 1.82) is 0 Å². The van der Waals surface area contributed by atoms with E-state index in [0.717, 1.165) is 15.4 Å². The summed E-state index contributed by atoms with van der Waals surface area (Å²) in [5.41, 5.74) is 1.19. The largest absolute Gasteiger partial charge is 0.467 e. The topological polar surface area (TPSA) is 60.6 Å².